The highest BCUT2D eigenvalue weighted by atomic mass is 16.5. The normalized spacial score (nSPS) is 25.4. The Bertz CT molecular complexity index is 560. The minimum absolute atomic E-state index is 0.0354. The molecule has 1 aromatic rings. The van der Waals surface area contributed by atoms with Crippen molar-refractivity contribution in [2.75, 3.05) is 38.2 Å². The Hall–Kier alpha value is -1.70. The summed E-state index contributed by atoms with van der Waals surface area (Å²) in [6.45, 7) is 5.99. The standard InChI is InChI=1S/C16H23N3O4/c1-11-2-4-13(20)15(17-11)18-16(21)14-5-3-12(23-14)10-19-6-8-22-9-7-19/h2,4,12,14,20H,3,5-10H2,1H3,(H,17,18,21)/t12-,14+/m1/s1. The topological polar surface area (TPSA) is 83.9 Å². The third-order valence-corrected chi connectivity index (χ3v) is 4.22. The molecule has 3 rings (SSSR count). The number of anilines is 1. The van der Waals surface area contributed by atoms with E-state index in [1.165, 1.54) is 6.07 Å². The van der Waals surface area contributed by atoms with Gasteiger partial charge in [0, 0.05) is 25.3 Å². The molecular weight excluding hydrogens is 298 g/mol. The fraction of sp³-hybridized carbons (Fsp3) is 0.625. The number of carbonyl (C=O) groups excluding carboxylic acids is 1. The Balaban J connectivity index is 1.51. The van der Waals surface area contributed by atoms with Crippen molar-refractivity contribution in [2.45, 2.75) is 32.0 Å². The molecule has 7 heteroatoms. The summed E-state index contributed by atoms with van der Waals surface area (Å²) >= 11 is 0. The first-order valence-corrected chi connectivity index (χ1v) is 8.05. The minimum atomic E-state index is -0.484. The Morgan fingerprint density at radius 3 is 2.96 bits per heavy atom. The number of aromatic hydroxyl groups is 1. The van der Waals surface area contributed by atoms with Gasteiger partial charge in [0.1, 0.15) is 6.10 Å². The van der Waals surface area contributed by atoms with Crippen LogP contribution in [-0.2, 0) is 14.3 Å². The van der Waals surface area contributed by atoms with E-state index in [9.17, 15) is 9.90 Å². The van der Waals surface area contributed by atoms with E-state index >= 15 is 0 Å². The maximum Gasteiger partial charge on any atom is 0.254 e. The largest absolute Gasteiger partial charge is 0.504 e. The number of aromatic nitrogens is 1. The van der Waals surface area contributed by atoms with Crippen LogP contribution in [0, 0.1) is 6.92 Å². The van der Waals surface area contributed by atoms with Crippen LogP contribution in [-0.4, -0.2) is 66.0 Å². The van der Waals surface area contributed by atoms with Crippen LogP contribution in [0.2, 0.25) is 0 Å². The summed E-state index contributed by atoms with van der Waals surface area (Å²) < 4.78 is 11.2. The number of amides is 1. The number of hydrogen-bond donors (Lipinski definition) is 2. The minimum Gasteiger partial charge on any atom is -0.504 e. The molecule has 1 aromatic heterocycles. The van der Waals surface area contributed by atoms with Crippen LogP contribution in [0.5, 0.6) is 5.75 Å². The van der Waals surface area contributed by atoms with Gasteiger partial charge in [-0.05, 0) is 31.9 Å². The van der Waals surface area contributed by atoms with E-state index in [-0.39, 0.29) is 23.6 Å². The van der Waals surface area contributed by atoms with Crippen molar-refractivity contribution < 1.29 is 19.4 Å². The number of carbonyl (C=O) groups is 1. The second-order valence-electron chi connectivity index (χ2n) is 6.05. The number of hydrogen-bond acceptors (Lipinski definition) is 6. The van der Waals surface area contributed by atoms with Gasteiger partial charge in [-0.1, -0.05) is 0 Å². The van der Waals surface area contributed by atoms with Crippen LogP contribution in [0.3, 0.4) is 0 Å². The highest BCUT2D eigenvalue weighted by Crippen LogP contribution is 2.25. The zero-order chi connectivity index (χ0) is 16.2. The Morgan fingerprint density at radius 2 is 2.17 bits per heavy atom. The quantitative estimate of drug-likeness (QED) is 0.858. The van der Waals surface area contributed by atoms with Crippen LogP contribution in [0.25, 0.3) is 0 Å². The molecular formula is C16H23N3O4. The molecule has 7 nitrogen and oxygen atoms in total. The van der Waals surface area contributed by atoms with Gasteiger partial charge in [0.25, 0.3) is 5.91 Å². The second kappa shape index (κ2) is 7.25. The molecule has 2 saturated heterocycles. The van der Waals surface area contributed by atoms with Crippen LogP contribution in [0.1, 0.15) is 18.5 Å². The smallest absolute Gasteiger partial charge is 0.254 e. The summed E-state index contributed by atoms with van der Waals surface area (Å²) in [4.78, 5) is 18.7. The summed E-state index contributed by atoms with van der Waals surface area (Å²) in [5, 5.41) is 12.4. The van der Waals surface area contributed by atoms with Gasteiger partial charge in [0.15, 0.2) is 11.6 Å². The number of nitrogens with one attached hydrogen (secondary N) is 1. The van der Waals surface area contributed by atoms with Crippen LogP contribution in [0.4, 0.5) is 5.82 Å². The van der Waals surface area contributed by atoms with Gasteiger partial charge in [-0.15, -0.1) is 0 Å². The maximum absolute atomic E-state index is 12.3. The lowest BCUT2D eigenvalue weighted by Gasteiger charge is -2.28. The Labute approximate surface area is 135 Å². The van der Waals surface area contributed by atoms with Crippen molar-refractivity contribution in [3.05, 3.63) is 17.8 Å². The molecule has 2 aliphatic rings. The first-order chi connectivity index (χ1) is 11.1. The van der Waals surface area contributed by atoms with Crippen LogP contribution in [0.15, 0.2) is 12.1 Å². The van der Waals surface area contributed by atoms with E-state index in [0.717, 1.165) is 45.0 Å². The Kier molecular flexibility index (Phi) is 5.09. The van der Waals surface area contributed by atoms with E-state index < -0.39 is 6.10 Å². The third kappa shape index (κ3) is 4.19. The number of rotatable bonds is 4. The van der Waals surface area contributed by atoms with Crippen LogP contribution >= 0.6 is 0 Å². The van der Waals surface area contributed by atoms with Gasteiger partial charge in [0.05, 0.1) is 19.3 Å². The number of aryl methyl sites for hydroxylation is 1. The fourth-order valence-corrected chi connectivity index (χ4v) is 2.94. The Morgan fingerprint density at radius 1 is 1.39 bits per heavy atom. The average Bonchev–Trinajstić information content (AvgIpc) is 3.00. The molecule has 0 saturated carbocycles. The van der Waals surface area contributed by atoms with Gasteiger partial charge in [0.2, 0.25) is 0 Å². The maximum atomic E-state index is 12.3. The average molecular weight is 321 g/mol. The van der Waals surface area contributed by atoms with Gasteiger partial charge < -0.3 is 19.9 Å². The summed E-state index contributed by atoms with van der Waals surface area (Å²) in [6, 6.07) is 3.21. The predicted octanol–water partition coefficient (Wildman–Crippen LogP) is 0.914. The summed E-state index contributed by atoms with van der Waals surface area (Å²) in [5.41, 5.74) is 0.732. The highest BCUT2D eigenvalue weighted by molar-refractivity contribution is 5.94. The van der Waals surface area contributed by atoms with E-state index in [1.54, 1.807) is 13.0 Å². The van der Waals surface area contributed by atoms with E-state index in [1.807, 2.05) is 0 Å². The monoisotopic (exact) mass is 321 g/mol. The summed E-state index contributed by atoms with van der Waals surface area (Å²) in [7, 11) is 0. The molecule has 2 aliphatic heterocycles. The zero-order valence-electron chi connectivity index (χ0n) is 13.3. The molecule has 2 N–H and O–H groups in total. The molecule has 23 heavy (non-hydrogen) atoms. The molecule has 1 amide bonds. The zero-order valence-corrected chi connectivity index (χ0v) is 13.3. The van der Waals surface area contributed by atoms with Crippen molar-refractivity contribution >= 4 is 11.7 Å². The van der Waals surface area contributed by atoms with Crippen molar-refractivity contribution in [1.82, 2.24) is 9.88 Å². The van der Waals surface area contributed by atoms with Crippen molar-refractivity contribution in [2.24, 2.45) is 0 Å². The number of pyridine rings is 1. The van der Waals surface area contributed by atoms with Crippen molar-refractivity contribution in [3.63, 3.8) is 0 Å². The summed E-state index contributed by atoms with van der Waals surface area (Å²) in [5.74, 6) is -0.0927. The molecule has 3 heterocycles. The predicted molar refractivity (Wildman–Crippen MR) is 84.4 cm³/mol. The summed E-state index contributed by atoms with van der Waals surface area (Å²) in [6.07, 6.45) is 1.14. The molecule has 126 valence electrons. The van der Waals surface area contributed by atoms with E-state index in [0.29, 0.717) is 6.42 Å². The first-order valence-electron chi connectivity index (χ1n) is 8.05. The lowest BCUT2D eigenvalue weighted by molar-refractivity contribution is -0.127. The van der Waals surface area contributed by atoms with Gasteiger partial charge in [-0.2, -0.15) is 0 Å². The van der Waals surface area contributed by atoms with Gasteiger partial charge in [-0.3, -0.25) is 9.69 Å². The number of ether oxygens (including phenoxy) is 2. The lowest BCUT2D eigenvalue weighted by atomic mass is 10.1. The lowest BCUT2D eigenvalue weighted by Crippen LogP contribution is -2.41. The molecule has 0 aliphatic carbocycles. The number of nitrogens with zero attached hydrogens (tertiary/aromatic N) is 2. The van der Waals surface area contributed by atoms with E-state index in [4.69, 9.17) is 9.47 Å². The molecule has 0 aromatic carbocycles. The van der Waals surface area contributed by atoms with Crippen molar-refractivity contribution in [1.29, 1.82) is 0 Å². The van der Waals surface area contributed by atoms with Gasteiger partial charge >= 0.3 is 0 Å². The number of morpholine rings is 1. The van der Waals surface area contributed by atoms with Gasteiger partial charge in [-0.25, -0.2) is 4.98 Å². The first kappa shape index (κ1) is 16.2. The molecule has 2 fully saturated rings. The highest BCUT2D eigenvalue weighted by Gasteiger charge is 2.32. The molecule has 2 atom stereocenters. The molecule has 0 spiro atoms. The second-order valence-corrected chi connectivity index (χ2v) is 6.05. The fourth-order valence-electron chi connectivity index (χ4n) is 2.94. The molecule has 0 bridgehead atoms. The third-order valence-electron chi connectivity index (χ3n) is 4.22. The SMILES string of the molecule is Cc1ccc(O)c(NC(=O)[C@@H]2CC[C@H](CN3CCOCC3)O2)n1. The molecule has 0 radical (unpaired) electrons. The van der Waals surface area contributed by atoms with E-state index in [2.05, 4.69) is 15.2 Å². The molecule has 0 unspecified atom stereocenters. The van der Waals surface area contributed by atoms with Crippen LogP contribution < -0.4 is 5.32 Å². The van der Waals surface area contributed by atoms with Crippen molar-refractivity contribution in [3.8, 4) is 5.75 Å².